The molecule has 1 atom stereocenters. The number of hydrogen-bond donors (Lipinski definition) is 1. The lowest BCUT2D eigenvalue weighted by Gasteiger charge is -2.02. The first-order chi connectivity index (χ1) is 8.74. The van der Waals surface area contributed by atoms with E-state index < -0.39 is 0 Å². The summed E-state index contributed by atoms with van der Waals surface area (Å²) < 4.78 is 5.36. The zero-order chi connectivity index (χ0) is 12.5. The Balaban J connectivity index is 1.89. The standard InChI is InChI=1S/C14H17N3O/c1-9-5-6-11(8-10(9)2)14-16-13(17-18-14)12-4-3-7-15-12/h5-6,8,12,15H,3-4,7H2,1-2H3. The summed E-state index contributed by atoms with van der Waals surface area (Å²) >= 11 is 0. The average Bonchev–Trinajstić information content (AvgIpc) is 3.01. The van der Waals surface area contributed by atoms with Gasteiger partial charge < -0.3 is 9.84 Å². The van der Waals surface area contributed by atoms with E-state index in [9.17, 15) is 0 Å². The van der Waals surface area contributed by atoms with Crippen LogP contribution in [0.3, 0.4) is 0 Å². The second kappa shape index (κ2) is 4.53. The molecule has 1 aliphatic heterocycles. The second-order valence-corrected chi connectivity index (χ2v) is 4.91. The number of aryl methyl sites for hydroxylation is 2. The van der Waals surface area contributed by atoms with Crippen LogP contribution in [0.2, 0.25) is 0 Å². The van der Waals surface area contributed by atoms with Crippen molar-refractivity contribution >= 4 is 0 Å². The predicted octanol–water partition coefficient (Wildman–Crippen LogP) is 2.78. The molecule has 1 aromatic carbocycles. The normalized spacial score (nSPS) is 19.3. The topological polar surface area (TPSA) is 51.0 Å². The molecule has 4 heteroatoms. The maximum atomic E-state index is 5.36. The van der Waals surface area contributed by atoms with Crippen LogP contribution >= 0.6 is 0 Å². The van der Waals surface area contributed by atoms with E-state index in [1.165, 1.54) is 17.5 Å². The Kier molecular flexibility index (Phi) is 2.88. The van der Waals surface area contributed by atoms with Gasteiger partial charge in [-0.25, -0.2) is 0 Å². The van der Waals surface area contributed by atoms with Crippen molar-refractivity contribution in [1.82, 2.24) is 15.5 Å². The van der Waals surface area contributed by atoms with Crippen LogP contribution in [-0.4, -0.2) is 16.7 Å². The van der Waals surface area contributed by atoms with E-state index >= 15 is 0 Å². The Bertz CT molecular complexity index is 556. The number of hydrogen-bond acceptors (Lipinski definition) is 4. The third-order valence-corrected chi connectivity index (χ3v) is 3.57. The fraction of sp³-hybridized carbons (Fsp3) is 0.429. The molecule has 1 saturated heterocycles. The number of rotatable bonds is 2. The molecular formula is C14H17N3O. The molecule has 1 N–H and O–H groups in total. The van der Waals surface area contributed by atoms with Crippen LogP contribution in [-0.2, 0) is 0 Å². The maximum absolute atomic E-state index is 5.36. The van der Waals surface area contributed by atoms with E-state index in [2.05, 4.69) is 41.4 Å². The second-order valence-electron chi connectivity index (χ2n) is 4.91. The van der Waals surface area contributed by atoms with Crippen LogP contribution in [0.15, 0.2) is 22.7 Å². The zero-order valence-electron chi connectivity index (χ0n) is 10.7. The van der Waals surface area contributed by atoms with E-state index in [4.69, 9.17) is 4.52 Å². The Morgan fingerprint density at radius 3 is 2.89 bits per heavy atom. The van der Waals surface area contributed by atoms with E-state index in [1.807, 2.05) is 6.07 Å². The van der Waals surface area contributed by atoms with E-state index in [1.54, 1.807) is 0 Å². The highest BCUT2D eigenvalue weighted by atomic mass is 16.5. The van der Waals surface area contributed by atoms with Gasteiger partial charge >= 0.3 is 0 Å². The van der Waals surface area contributed by atoms with E-state index in [-0.39, 0.29) is 6.04 Å². The van der Waals surface area contributed by atoms with E-state index in [0.29, 0.717) is 5.89 Å². The number of nitrogens with one attached hydrogen (secondary N) is 1. The number of nitrogens with zero attached hydrogens (tertiary/aromatic N) is 2. The Hall–Kier alpha value is -1.68. The molecule has 0 bridgehead atoms. The van der Waals surface area contributed by atoms with Crippen molar-refractivity contribution in [3.8, 4) is 11.5 Å². The average molecular weight is 243 g/mol. The van der Waals surface area contributed by atoms with Gasteiger partial charge in [-0.1, -0.05) is 11.2 Å². The first-order valence-electron chi connectivity index (χ1n) is 6.38. The molecule has 0 amide bonds. The van der Waals surface area contributed by atoms with E-state index in [0.717, 1.165) is 24.4 Å². The molecule has 1 fully saturated rings. The molecule has 0 saturated carbocycles. The summed E-state index contributed by atoms with van der Waals surface area (Å²) in [6.45, 7) is 5.23. The highest BCUT2D eigenvalue weighted by Crippen LogP contribution is 2.25. The van der Waals surface area contributed by atoms with Gasteiger partial charge in [0.2, 0.25) is 0 Å². The molecule has 18 heavy (non-hydrogen) atoms. The van der Waals surface area contributed by atoms with Crippen LogP contribution in [0.4, 0.5) is 0 Å². The van der Waals surface area contributed by atoms with Crippen molar-refractivity contribution in [3.63, 3.8) is 0 Å². The van der Waals surface area contributed by atoms with Crippen LogP contribution in [0.5, 0.6) is 0 Å². The van der Waals surface area contributed by atoms with Gasteiger partial charge in [-0.15, -0.1) is 0 Å². The highest BCUT2D eigenvalue weighted by molar-refractivity contribution is 5.55. The van der Waals surface area contributed by atoms with Gasteiger partial charge in [0.25, 0.3) is 5.89 Å². The molecule has 0 radical (unpaired) electrons. The fourth-order valence-electron chi connectivity index (χ4n) is 2.27. The smallest absolute Gasteiger partial charge is 0.257 e. The highest BCUT2D eigenvalue weighted by Gasteiger charge is 2.22. The van der Waals surface area contributed by atoms with Gasteiger partial charge in [0.1, 0.15) is 0 Å². The summed E-state index contributed by atoms with van der Waals surface area (Å²) in [5.41, 5.74) is 3.51. The molecule has 0 spiro atoms. The van der Waals surface area contributed by atoms with Gasteiger partial charge in [0.05, 0.1) is 6.04 Å². The third-order valence-electron chi connectivity index (χ3n) is 3.57. The van der Waals surface area contributed by atoms with Crippen molar-refractivity contribution < 1.29 is 4.52 Å². The monoisotopic (exact) mass is 243 g/mol. The molecular weight excluding hydrogens is 226 g/mol. The molecule has 1 unspecified atom stereocenters. The molecule has 0 aliphatic carbocycles. The summed E-state index contributed by atoms with van der Waals surface area (Å²) in [4.78, 5) is 4.49. The van der Waals surface area contributed by atoms with Gasteiger partial charge in [-0.05, 0) is 56.5 Å². The molecule has 2 aromatic rings. The quantitative estimate of drug-likeness (QED) is 0.881. The Labute approximate surface area is 106 Å². The van der Waals surface area contributed by atoms with Crippen molar-refractivity contribution in [2.45, 2.75) is 32.7 Å². The zero-order valence-corrected chi connectivity index (χ0v) is 10.7. The first-order valence-corrected chi connectivity index (χ1v) is 6.38. The largest absolute Gasteiger partial charge is 0.334 e. The van der Waals surface area contributed by atoms with Crippen molar-refractivity contribution in [3.05, 3.63) is 35.2 Å². The lowest BCUT2D eigenvalue weighted by Crippen LogP contribution is -2.14. The minimum Gasteiger partial charge on any atom is -0.334 e. The van der Waals surface area contributed by atoms with Gasteiger partial charge in [-0.3, -0.25) is 0 Å². The summed E-state index contributed by atoms with van der Waals surface area (Å²) in [6.07, 6.45) is 2.27. The minimum atomic E-state index is 0.258. The third kappa shape index (κ3) is 2.04. The van der Waals surface area contributed by atoms with Gasteiger partial charge in [0.15, 0.2) is 5.82 Å². The number of benzene rings is 1. The molecule has 2 heterocycles. The summed E-state index contributed by atoms with van der Waals surface area (Å²) in [7, 11) is 0. The number of aromatic nitrogens is 2. The lowest BCUT2D eigenvalue weighted by atomic mass is 10.1. The molecule has 1 aliphatic rings. The van der Waals surface area contributed by atoms with Crippen molar-refractivity contribution in [2.75, 3.05) is 6.54 Å². The summed E-state index contributed by atoms with van der Waals surface area (Å²) in [5, 5.41) is 7.45. The Morgan fingerprint density at radius 1 is 1.28 bits per heavy atom. The van der Waals surface area contributed by atoms with Gasteiger partial charge in [0, 0.05) is 5.56 Å². The molecule has 4 nitrogen and oxygen atoms in total. The molecule has 3 rings (SSSR count). The molecule has 94 valence electrons. The van der Waals surface area contributed by atoms with Crippen LogP contribution in [0.1, 0.15) is 35.8 Å². The van der Waals surface area contributed by atoms with Crippen LogP contribution in [0.25, 0.3) is 11.5 Å². The predicted molar refractivity (Wildman–Crippen MR) is 69.2 cm³/mol. The van der Waals surface area contributed by atoms with Crippen LogP contribution in [0, 0.1) is 13.8 Å². The summed E-state index contributed by atoms with van der Waals surface area (Å²) in [6, 6.07) is 6.47. The van der Waals surface area contributed by atoms with Crippen molar-refractivity contribution in [2.24, 2.45) is 0 Å². The fourth-order valence-corrected chi connectivity index (χ4v) is 2.27. The minimum absolute atomic E-state index is 0.258. The lowest BCUT2D eigenvalue weighted by molar-refractivity contribution is 0.412. The van der Waals surface area contributed by atoms with Crippen LogP contribution < -0.4 is 5.32 Å². The summed E-state index contributed by atoms with van der Waals surface area (Å²) in [5.74, 6) is 1.39. The van der Waals surface area contributed by atoms with Gasteiger partial charge in [-0.2, -0.15) is 4.98 Å². The van der Waals surface area contributed by atoms with Crippen molar-refractivity contribution in [1.29, 1.82) is 0 Å². The SMILES string of the molecule is Cc1ccc(-c2nc(C3CCCN3)no2)cc1C. The first kappa shape index (κ1) is 11.4. The maximum Gasteiger partial charge on any atom is 0.257 e. The molecule has 1 aromatic heterocycles. The Morgan fingerprint density at radius 2 is 2.17 bits per heavy atom.